The lowest BCUT2D eigenvalue weighted by molar-refractivity contribution is -0.145. The SMILES string of the molecule is Cc1ccc(OCCOC(=O)[C@H](C)NS(=O)(=O)c2ccccc2F)cc1. The summed E-state index contributed by atoms with van der Waals surface area (Å²) in [4.78, 5) is 11.4. The monoisotopic (exact) mass is 381 g/mol. The Labute approximate surface area is 152 Å². The van der Waals surface area contributed by atoms with Crippen molar-refractivity contribution in [3.8, 4) is 5.75 Å². The molecule has 1 N–H and O–H groups in total. The maximum atomic E-state index is 13.6. The molecule has 0 heterocycles. The highest BCUT2D eigenvalue weighted by atomic mass is 32.2. The van der Waals surface area contributed by atoms with E-state index in [4.69, 9.17) is 9.47 Å². The van der Waals surface area contributed by atoms with Gasteiger partial charge in [-0.3, -0.25) is 4.79 Å². The first-order valence-electron chi connectivity index (χ1n) is 7.92. The van der Waals surface area contributed by atoms with Crippen LogP contribution < -0.4 is 9.46 Å². The zero-order chi connectivity index (χ0) is 19.2. The molecular formula is C18H20FNO5S. The first-order chi connectivity index (χ1) is 12.3. The van der Waals surface area contributed by atoms with Crippen LogP contribution in [0.2, 0.25) is 0 Å². The van der Waals surface area contributed by atoms with Gasteiger partial charge < -0.3 is 9.47 Å². The number of rotatable bonds is 8. The minimum absolute atomic E-state index is 0.0432. The molecule has 140 valence electrons. The minimum atomic E-state index is -4.17. The molecule has 0 unspecified atom stereocenters. The van der Waals surface area contributed by atoms with Crippen molar-refractivity contribution in [2.24, 2.45) is 0 Å². The van der Waals surface area contributed by atoms with E-state index in [9.17, 15) is 17.6 Å². The fraction of sp³-hybridized carbons (Fsp3) is 0.278. The van der Waals surface area contributed by atoms with E-state index < -0.39 is 32.7 Å². The maximum Gasteiger partial charge on any atom is 0.324 e. The summed E-state index contributed by atoms with van der Waals surface area (Å²) in [6.07, 6.45) is 0. The number of hydrogen-bond donors (Lipinski definition) is 1. The second-order valence-electron chi connectivity index (χ2n) is 5.60. The summed E-state index contributed by atoms with van der Waals surface area (Å²) in [5, 5.41) is 0. The van der Waals surface area contributed by atoms with Crippen LogP contribution in [0.3, 0.4) is 0 Å². The zero-order valence-electron chi connectivity index (χ0n) is 14.4. The molecule has 0 aliphatic carbocycles. The van der Waals surface area contributed by atoms with E-state index >= 15 is 0 Å². The van der Waals surface area contributed by atoms with Crippen molar-refractivity contribution in [1.82, 2.24) is 4.72 Å². The number of ether oxygens (including phenoxy) is 2. The zero-order valence-corrected chi connectivity index (χ0v) is 15.3. The molecule has 0 aliphatic heterocycles. The molecule has 0 spiro atoms. The van der Waals surface area contributed by atoms with Gasteiger partial charge in [0.15, 0.2) is 0 Å². The van der Waals surface area contributed by atoms with Crippen LogP contribution in [0.1, 0.15) is 12.5 Å². The van der Waals surface area contributed by atoms with E-state index in [-0.39, 0.29) is 13.2 Å². The van der Waals surface area contributed by atoms with Gasteiger partial charge in [-0.25, -0.2) is 12.8 Å². The summed E-state index contributed by atoms with van der Waals surface area (Å²) >= 11 is 0. The van der Waals surface area contributed by atoms with Gasteiger partial charge in [-0.1, -0.05) is 29.8 Å². The maximum absolute atomic E-state index is 13.6. The highest BCUT2D eigenvalue weighted by molar-refractivity contribution is 7.89. The highest BCUT2D eigenvalue weighted by Gasteiger charge is 2.25. The number of benzene rings is 2. The molecule has 26 heavy (non-hydrogen) atoms. The second-order valence-corrected chi connectivity index (χ2v) is 7.28. The molecule has 0 aromatic heterocycles. The molecule has 0 aliphatic rings. The van der Waals surface area contributed by atoms with Crippen molar-refractivity contribution in [3.05, 3.63) is 59.9 Å². The quantitative estimate of drug-likeness (QED) is 0.561. The van der Waals surface area contributed by atoms with Gasteiger partial charge in [0.05, 0.1) is 0 Å². The van der Waals surface area contributed by atoms with Crippen LogP contribution in [-0.2, 0) is 19.6 Å². The summed E-state index contributed by atoms with van der Waals surface area (Å²) in [5.74, 6) is -1.04. The Morgan fingerprint density at radius 2 is 1.77 bits per heavy atom. The highest BCUT2D eigenvalue weighted by Crippen LogP contribution is 2.14. The summed E-state index contributed by atoms with van der Waals surface area (Å²) in [6.45, 7) is 3.36. The minimum Gasteiger partial charge on any atom is -0.490 e. The Kier molecular flexibility index (Phi) is 6.70. The average Bonchev–Trinajstić information content (AvgIpc) is 2.60. The lowest BCUT2D eigenvalue weighted by Crippen LogP contribution is -2.40. The van der Waals surface area contributed by atoms with E-state index in [1.54, 1.807) is 12.1 Å². The van der Waals surface area contributed by atoms with Crippen molar-refractivity contribution >= 4 is 16.0 Å². The Balaban J connectivity index is 1.82. The van der Waals surface area contributed by atoms with Crippen LogP contribution >= 0.6 is 0 Å². The average molecular weight is 381 g/mol. The summed E-state index contributed by atoms with van der Waals surface area (Å²) in [5.41, 5.74) is 1.10. The number of esters is 1. The van der Waals surface area contributed by atoms with Crippen LogP contribution in [0.5, 0.6) is 5.75 Å². The molecule has 2 rings (SSSR count). The van der Waals surface area contributed by atoms with E-state index in [0.29, 0.717) is 5.75 Å². The molecule has 2 aromatic rings. The third-order valence-electron chi connectivity index (χ3n) is 3.43. The summed E-state index contributed by atoms with van der Waals surface area (Å²) in [6, 6.07) is 11.1. The summed E-state index contributed by atoms with van der Waals surface area (Å²) < 4.78 is 50.4. The molecule has 1 atom stereocenters. The number of nitrogens with one attached hydrogen (secondary N) is 1. The lowest BCUT2D eigenvalue weighted by atomic mass is 10.2. The van der Waals surface area contributed by atoms with E-state index in [1.165, 1.54) is 19.1 Å². The molecule has 0 fully saturated rings. The fourth-order valence-electron chi connectivity index (χ4n) is 2.07. The van der Waals surface area contributed by atoms with Gasteiger partial charge in [-0.2, -0.15) is 4.72 Å². The van der Waals surface area contributed by atoms with Gasteiger partial charge in [0.1, 0.15) is 35.7 Å². The van der Waals surface area contributed by atoms with Crippen molar-refractivity contribution in [2.45, 2.75) is 24.8 Å². The van der Waals surface area contributed by atoms with Crippen LogP contribution in [0.25, 0.3) is 0 Å². The topological polar surface area (TPSA) is 81.7 Å². The molecule has 0 radical (unpaired) electrons. The van der Waals surface area contributed by atoms with Crippen molar-refractivity contribution in [1.29, 1.82) is 0 Å². The molecule has 2 aromatic carbocycles. The van der Waals surface area contributed by atoms with E-state index in [2.05, 4.69) is 4.72 Å². The standard InChI is InChI=1S/C18H20FNO5S/c1-13-7-9-15(10-8-13)24-11-12-25-18(21)14(2)20-26(22,23)17-6-4-3-5-16(17)19/h3-10,14,20H,11-12H2,1-2H3/t14-/m0/s1. The van der Waals surface area contributed by atoms with Gasteiger partial charge in [0, 0.05) is 0 Å². The first-order valence-corrected chi connectivity index (χ1v) is 9.41. The van der Waals surface area contributed by atoms with Crippen LogP contribution in [0.15, 0.2) is 53.4 Å². The lowest BCUT2D eigenvalue weighted by Gasteiger charge is -2.14. The van der Waals surface area contributed by atoms with Gasteiger partial charge in [-0.05, 0) is 38.1 Å². The van der Waals surface area contributed by atoms with Gasteiger partial charge in [0.25, 0.3) is 0 Å². The third-order valence-corrected chi connectivity index (χ3v) is 5.00. The number of halogens is 1. The third kappa shape index (κ3) is 5.53. The number of sulfonamides is 1. The molecule has 0 bridgehead atoms. The number of carbonyl (C=O) groups is 1. The van der Waals surface area contributed by atoms with Gasteiger partial charge in [0.2, 0.25) is 10.0 Å². The second kappa shape index (κ2) is 8.77. The van der Waals surface area contributed by atoms with Crippen molar-refractivity contribution in [3.63, 3.8) is 0 Å². The predicted molar refractivity (Wildman–Crippen MR) is 93.8 cm³/mol. The Morgan fingerprint density at radius 3 is 2.42 bits per heavy atom. The number of aryl methyl sites for hydroxylation is 1. The Hall–Kier alpha value is -2.45. The molecular weight excluding hydrogens is 361 g/mol. The fourth-order valence-corrected chi connectivity index (χ4v) is 3.34. The molecule has 0 saturated carbocycles. The van der Waals surface area contributed by atoms with Crippen LogP contribution in [0, 0.1) is 12.7 Å². The van der Waals surface area contributed by atoms with Crippen LogP contribution in [0.4, 0.5) is 4.39 Å². The van der Waals surface area contributed by atoms with Crippen LogP contribution in [-0.4, -0.2) is 33.6 Å². The molecule has 0 saturated heterocycles. The number of carbonyl (C=O) groups excluding carboxylic acids is 1. The Morgan fingerprint density at radius 1 is 1.12 bits per heavy atom. The molecule has 6 nitrogen and oxygen atoms in total. The van der Waals surface area contributed by atoms with Crippen molar-refractivity contribution in [2.75, 3.05) is 13.2 Å². The molecule has 0 amide bonds. The normalized spacial score (nSPS) is 12.4. The summed E-state index contributed by atoms with van der Waals surface area (Å²) in [7, 11) is -4.17. The first kappa shape index (κ1) is 19.9. The Bertz CT molecular complexity index is 852. The largest absolute Gasteiger partial charge is 0.490 e. The van der Waals surface area contributed by atoms with Gasteiger partial charge >= 0.3 is 5.97 Å². The van der Waals surface area contributed by atoms with Gasteiger partial charge in [-0.15, -0.1) is 0 Å². The van der Waals surface area contributed by atoms with E-state index in [1.807, 2.05) is 19.1 Å². The number of hydrogen-bond acceptors (Lipinski definition) is 5. The smallest absolute Gasteiger partial charge is 0.324 e. The van der Waals surface area contributed by atoms with Crippen molar-refractivity contribution < 1.29 is 27.1 Å². The van der Waals surface area contributed by atoms with E-state index in [0.717, 1.165) is 17.7 Å². The predicted octanol–water partition coefficient (Wildman–Crippen LogP) is 2.42. The molecule has 8 heteroatoms.